The molecule has 2 N–H and O–H groups in total. The number of rotatable bonds is 9. The second kappa shape index (κ2) is 13.5. The lowest BCUT2D eigenvalue weighted by atomic mass is 10.1. The van der Waals surface area contributed by atoms with Gasteiger partial charge in [-0.1, -0.05) is 6.07 Å². The first-order valence-electron chi connectivity index (χ1n) is 7.94. The van der Waals surface area contributed by atoms with Gasteiger partial charge in [0.25, 0.3) is 0 Å². The standard InChI is InChI=1S/C17H28FN3O.HI/c1-4-22-12-6-5-10-20-17(19-3)21-11-9-15-7-8-16(18)13-14(15)2;/h7-8,13H,4-6,9-12H2,1-3H3,(H2,19,20,21);1H. The van der Waals surface area contributed by atoms with Gasteiger partial charge in [-0.3, -0.25) is 4.99 Å². The fraction of sp³-hybridized carbons (Fsp3) is 0.588. The van der Waals surface area contributed by atoms with Crippen molar-refractivity contribution in [3.8, 4) is 0 Å². The predicted octanol–water partition coefficient (Wildman–Crippen LogP) is 3.28. The molecule has 0 aromatic heterocycles. The van der Waals surface area contributed by atoms with E-state index in [4.69, 9.17) is 4.74 Å². The molecule has 0 saturated heterocycles. The van der Waals surface area contributed by atoms with E-state index in [9.17, 15) is 4.39 Å². The minimum Gasteiger partial charge on any atom is -0.382 e. The van der Waals surface area contributed by atoms with Gasteiger partial charge in [-0.15, -0.1) is 24.0 Å². The van der Waals surface area contributed by atoms with Crippen LogP contribution >= 0.6 is 24.0 Å². The molecule has 6 heteroatoms. The van der Waals surface area contributed by atoms with Crippen LogP contribution in [0.4, 0.5) is 4.39 Å². The molecule has 0 aliphatic carbocycles. The van der Waals surface area contributed by atoms with Gasteiger partial charge in [0.15, 0.2) is 5.96 Å². The number of nitrogens with one attached hydrogen (secondary N) is 2. The highest BCUT2D eigenvalue weighted by Crippen LogP contribution is 2.10. The number of aliphatic imine (C=N–C) groups is 1. The second-order valence-corrected chi connectivity index (χ2v) is 5.15. The van der Waals surface area contributed by atoms with Crippen molar-refractivity contribution < 1.29 is 9.13 Å². The summed E-state index contributed by atoms with van der Waals surface area (Å²) in [5, 5.41) is 6.56. The van der Waals surface area contributed by atoms with Crippen LogP contribution in [0, 0.1) is 12.7 Å². The molecular weight excluding hydrogens is 408 g/mol. The molecule has 0 spiro atoms. The fourth-order valence-corrected chi connectivity index (χ4v) is 2.16. The molecule has 0 unspecified atom stereocenters. The van der Waals surface area contributed by atoms with E-state index >= 15 is 0 Å². The van der Waals surface area contributed by atoms with Crippen molar-refractivity contribution in [1.29, 1.82) is 0 Å². The minimum absolute atomic E-state index is 0. The first kappa shape index (κ1) is 22.1. The van der Waals surface area contributed by atoms with E-state index in [-0.39, 0.29) is 29.8 Å². The molecule has 0 amide bonds. The normalized spacial score (nSPS) is 11.0. The van der Waals surface area contributed by atoms with Gasteiger partial charge < -0.3 is 15.4 Å². The third kappa shape index (κ3) is 9.76. The zero-order valence-corrected chi connectivity index (χ0v) is 16.7. The first-order valence-corrected chi connectivity index (χ1v) is 7.94. The first-order chi connectivity index (χ1) is 10.7. The Kier molecular flexibility index (Phi) is 13.0. The van der Waals surface area contributed by atoms with Crippen LogP contribution in [0.5, 0.6) is 0 Å². The Morgan fingerprint density at radius 2 is 1.96 bits per heavy atom. The molecule has 0 fully saturated rings. The Morgan fingerprint density at radius 1 is 1.22 bits per heavy atom. The van der Waals surface area contributed by atoms with Crippen LogP contribution < -0.4 is 10.6 Å². The Labute approximate surface area is 156 Å². The lowest BCUT2D eigenvalue weighted by Gasteiger charge is -2.12. The predicted molar refractivity (Wildman–Crippen MR) is 105 cm³/mol. The highest BCUT2D eigenvalue weighted by molar-refractivity contribution is 14.0. The Balaban J connectivity index is 0.00000484. The smallest absolute Gasteiger partial charge is 0.190 e. The number of hydrogen-bond acceptors (Lipinski definition) is 2. The summed E-state index contributed by atoms with van der Waals surface area (Å²) in [6.07, 6.45) is 2.95. The Morgan fingerprint density at radius 3 is 2.61 bits per heavy atom. The van der Waals surface area contributed by atoms with E-state index in [1.54, 1.807) is 13.1 Å². The molecule has 0 radical (unpaired) electrons. The quantitative estimate of drug-likeness (QED) is 0.270. The number of nitrogens with zero attached hydrogens (tertiary/aromatic N) is 1. The van der Waals surface area contributed by atoms with Crippen molar-refractivity contribution in [3.05, 3.63) is 35.1 Å². The van der Waals surface area contributed by atoms with E-state index in [1.165, 1.54) is 6.07 Å². The molecule has 0 heterocycles. The zero-order valence-electron chi connectivity index (χ0n) is 14.3. The summed E-state index contributed by atoms with van der Waals surface area (Å²) >= 11 is 0. The van der Waals surface area contributed by atoms with Crippen LogP contribution in [0.1, 0.15) is 30.9 Å². The molecular formula is C17H29FIN3O. The summed E-state index contributed by atoms with van der Waals surface area (Å²) < 4.78 is 18.3. The van der Waals surface area contributed by atoms with E-state index < -0.39 is 0 Å². The lowest BCUT2D eigenvalue weighted by molar-refractivity contribution is 0.143. The average molecular weight is 437 g/mol. The number of halogens is 2. The Bertz CT molecular complexity index is 469. The molecule has 1 aromatic carbocycles. The third-order valence-corrected chi connectivity index (χ3v) is 3.43. The van der Waals surface area contributed by atoms with Crippen LogP contribution in [0.15, 0.2) is 23.2 Å². The van der Waals surface area contributed by atoms with Crippen LogP contribution in [0.3, 0.4) is 0 Å². The van der Waals surface area contributed by atoms with Gasteiger partial charge in [0.2, 0.25) is 0 Å². The lowest BCUT2D eigenvalue weighted by Crippen LogP contribution is -2.38. The van der Waals surface area contributed by atoms with Gasteiger partial charge in [0, 0.05) is 33.4 Å². The maximum Gasteiger partial charge on any atom is 0.190 e. The number of hydrogen-bond donors (Lipinski definition) is 2. The highest BCUT2D eigenvalue weighted by Gasteiger charge is 2.01. The maximum atomic E-state index is 13.0. The number of guanidine groups is 1. The number of benzene rings is 1. The molecule has 23 heavy (non-hydrogen) atoms. The monoisotopic (exact) mass is 437 g/mol. The van der Waals surface area contributed by atoms with Gasteiger partial charge in [-0.05, 0) is 56.4 Å². The van der Waals surface area contributed by atoms with E-state index in [0.717, 1.165) is 62.7 Å². The molecule has 0 atom stereocenters. The minimum atomic E-state index is -0.182. The van der Waals surface area contributed by atoms with E-state index in [1.807, 2.05) is 19.9 Å². The molecule has 0 aliphatic heterocycles. The van der Waals surface area contributed by atoms with Crippen molar-refractivity contribution in [2.75, 3.05) is 33.4 Å². The fourth-order valence-electron chi connectivity index (χ4n) is 2.16. The van der Waals surface area contributed by atoms with E-state index in [2.05, 4.69) is 15.6 Å². The van der Waals surface area contributed by atoms with Crippen molar-refractivity contribution >= 4 is 29.9 Å². The van der Waals surface area contributed by atoms with Crippen molar-refractivity contribution in [2.24, 2.45) is 4.99 Å². The number of ether oxygens (including phenoxy) is 1. The van der Waals surface area contributed by atoms with E-state index in [0.29, 0.717) is 0 Å². The molecule has 132 valence electrons. The van der Waals surface area contributed by atoms with Crippen LogP contribution in [0.25, 0.3) is 0 Å². The molecule has 1 aromatic rings. The van der Waals surface area contributed by atoms with Gasteiger partial charge >= 0.3 is 0 Å². The molecule has 4 nitrogen and oxygen atoms in total. The Hall–Kier alpha value is -0.890. The van der Waals surface area contributed by atoms with Crippen LogP contribution in [-0.4, -0.2) is 39.3 Å². The van der Waals surface area contributed by atoms with Crippen LogP contribution in [0.2, 0.25) is 0 Å². The summed E-state index contributed by atoms with van der Waals surface area (Å²) in [7, 11) is 1.76. The average Bonchev–Trinajstić information content (AvgIpc) is 2.50. The zero-order chi connectivity index (χ0) is 16.2. The number of unbranched alkanes of at least 4 members (excludes halogenated alkanes) is 1. The summed E-state index contributed by atoms with van der Waals surface area (Å²) in [6, 6.07) is 4.92. The SMILES string of the molecule is CCOCCCCNC(=NC)NCCc1ccc(F)cc1C.I. The van der Waals surface area contributed by atoms with Gasteiger partial charge in [-0.25, -0.2) is 4.39 Å². The largest absolute Gasteiger partial charge is 0.382 e. The van der Waals surface area contributed by atoms with Gasteiger partial charge in [-0.2, -0.15) is 0 Å². The molecule has 1 rings (SSSR count). The summed E-state index contributed by atoms with van der Waals surface area (Å²) in [5.41, 5.74) is 2.14. The van der Waals surface area contributed by atoms with Crippen molar-refractivity contribution in [2.45, 2.75) is 33.1 Å². The maximum absolute atomic E-state index is 13.0. The van der Waals surface area contributed by atoms with Gasteiger partial charge in [0.05, 0.1) is 0 Å². The third-order valence-electron chi connectivity index (χ3n) is 3.43. The molecule has 0 aliphatic rings. The summed E-state index contributed by atoms with van der Waals surface area (Å²) in [5.74, 6) is 0.620. The topological polar surface area (TPSA) is 45.6 Å². The molecule has 0 saturated carbocycles. The van der Waals surface area contributed by atoms with Crippen LogP contribution in [-0.2, 0) is 11.2 Å². The summed E-state index contributed by atoms with van der Waals surface area (Å²) in [4.78, 5) is 4.19. The summed E-state index contributed by atoms with van der Waals surface area (Å²) in [6.45, 7) is 7.18. The number of aryl methyl sites for hydroxylation is 1. The molecule has 0 bridgehead atoms. The highest BCUT2D eigenvalue weighted by atomic mass is 127. The van der Waals surface area contributed by atoms with Gasteiger partial charge in [0.1, 0.15) is 5.82 Å². The second-order valence-electron chi connectivity index (χ2n) is 5.15. The van der Waals surface area contributed by atoms with Crippen molar-refractivity contribution in [1.82, 2.24) is 10.6 Å². The van der Waals surface area contributed by atoms with Crippen molar-refractivity contribution in [3.63, 3.8) is 0 Å².